The Balaban J connectivity index is 2.15. The highest BCUT2D eigenvalue weighted by atomic mass is 35.5. The van der Waals surface area contributed by atoms with Gasteiger partial charge in [-0.2, -0.15) is 5.26 Å². The number of rotatable bonds is 3. The highest BCUT2D eigenvalue weighted by Gasteiger charge is 2.15. The lowest BCUT2D eigenvalue weighted by atomic mass is 10.1. The van der Waals surface area contributed by atoms with Crippen molar-refractivity contribution in [1.82, 2.24) is 9.88 Å². The molecule has 1 heterocycles. The van der Waals surface area contributed by atoms with Crippen LogP contribution in [0, 0.1) is 11.3 Å². The second-order valence-electron chi connectivity index (χ2n) is 4.59. The molecule has 1 N–H and O–H groups in total. The van der Waals surface area contributed by atoms with Gasteiger partial charge >= 0.3 is 0 Å². The van der Waals surface area contributed by atoms with Crippen molar-refractivity contribution < 1.29 is 4.79 Å². The van der Waals surface area contributed by atoms with Crippen molar-refractivity contribution in [2.45, 2.75) is 13.0 Å². The summed E-state index contributed by atoms with van der Waals surface area (Å²) < 4.78 is 1.64. The van der Waals surface area contributed by atoms with E-state index in [0.29, 0.717) is 16.3 Å². The minimum absolute atomic E-state index is 0.165. The maximum absolute atomic E-state index is 12.2. The van der Waals surface area contributed by atoms with Gasteiger partial charge in [0.2, 0.25) is 0 Å². The van der Waals surface area contributed by atoms with E-state index < -0.39 is 0 Å². The summed E-state index contributed by atoms with van der Waals surface area (Å²) >= 11 is 5.94. The van der Waals surface area contributed by atoms with Crippen LogP contribution in [0.5, 0.6) is 0 Å². The van der Waals surface area contributed by atoms with Gasteiger partial charge in [-0.3, -0.25) is 4.79 Å². The molecule has 0 saturated heterocycles. The predicted octanol–water partition coefficient (Wildman–Crippen LogP) is 3.04. The monoisotopic (exact) mass is 287 g/mol. The molecular formula is C15H14ClN3O. The highest BCUT2D eigenvalue weighted by Crippen LogP contribution is 2.18. The third kappa shape index (κ3) is 3.01. The van der Waals surface area contributed by atoms with E-state index in [4.69, 9.17) is 16.9 Å². The van der Waals surface area contributed by atoms with Gasteiger partial charge in [-0.05, 0) is 30.7 Å². The topological polar surface area (TPSA) is 57.8 Å². The van der Waals surface area contributed by atoms with Crippen LogP contribution in [0.25, 0.3) is 0 Å². The van der Waals surface area contributed by atoms with Gasteiger partial charge in [0.15, 0.2) is 0 Å². The van der Waals surface area contributed by atoms with Crippen LogP contribution in [-0.2, 0) is 7.05 Å². The molecule has 1 amide bonds. The van der Waals surface area contributed by atoms with Crippen LogP contribution < -0.4 is 5.32 Å². The average Bonchev–Trinajstić information content (AvgIpc) is 2.80. The lowest BCUT2D eigenvalue weighted by molar-refractivity contribution is 0.0931. The Labute approximate surface area is 122 Å². The zero-order valence-corrected chi connectivity index (χ0v) is 12.0. The average molecular weight is 288 g/mol. The van der Waals surface area contributed by atoms with Gasteiger partial charge in [0, 0.05) is 18.3 Å². The van der Waals surface area contributed by atoms with Crippen LogP contribution in [0.1, 0.15) is 34.6 Å². The summed E-state index contributed by atoms with van der Waals surface area (Å²) in [4.78, 5) is 12.2. The molecule has 0 bridgehead atoms. The van der Waals surface area contributed by atoms with Gasteiger partial charge < -0.3 is 9.88 Å². The number of amides is 1. The Morgan fingerprint density at radius 3 is 2.80 bits per heavy atom. The zero-order valence-electron chi connectivity index (χ0n) is 11.2. The maximum atomic E-state index is 12.2. The van der Waals surface area contributed by atoms with Crippen molar-refractivity contribution in [1.29, 1.82) is 5.26 Å². The molecule has 2 aromatic rings. The fourth-order valence-electron chi connectivity index (χ4n) is 1.98. The first-order valence-electron chi connectivity index (χ1n) is 6.14. The zero-order chi connectivity index (χ0) is 14.7. The van der Waals surface area contributed by atoms with E-state index in [1.54, 1.807) is 29.9 Å². The quantitative estimate of drug-likeness (QED) is 0.943. The Bertz CT molecular complexity index is 685. The Morgan fingerprint density at radius 1 is 1.45 bits per heavy atom. The van der Waals surface area contributed by atoms with Crippen molar-refractivity contribution in [2.75, 3.05) is 0 Å². The maximum Gasteiger partial charge on any atom is 0.268 e. The molecule has 5 heteroatoms. The first-order valence-corrected chi connectivity index (χ1v) is 6.52. The van der Waals surface area contributed by atoms with E-state index in [1.165, 1.54) is 0 Å². The molecule has 4 nitrogen and oxygen atoms in total. The number of hydrogen-bond acceptors (Lipinski definition) is 2. The number of aryl methyl sites for hydroxylation is 1. The number of carbonyl (C=O) groups excluding carboxylic acids is 1. The van der Waals surface area contributed by atoms with Crippen molar-refractivity contribution >= 4 is 17.5 Å². The number of hydrogen-bond donors (Lipinski definition) is 1. The smallest absolute Gasteiger partial charge is 0.268 e. The van der Waals surface area contributed by atoms with E-state index >= 15 is 0 Å². The summed E-state index contributed by atoms with van der Waals surface area (Å²) in [5.41, 5.74) is 1.85. The van der Waals surface area contributed by atoms with E-state index in [0.717, 1.165) is 5.56 Å². The van der Waals surface area contributed by atoms with Gasteiger partial charge in [-0.15, -0.1) is 0 Å². The Morgan fingerprint density at radius 2 is 2.20 bits per heavy atom. The Kier molecular flexibility index (Phi) is 4.11. The molecule has 0 fully saturated rings. The minimum atomic E-state index is -0.221. The lowest BCUT2D eigenvalue weighted by Gasteiger charge is -2.14. The van der Waals surface area contributed by atoms with Crippen LogP contribution in [0.4, 0.5) is 0 Å². The van der Waals surface area contributed by atoms with Crippen molar-refractivity contribution in [3.63, 3.8) is 0 Å². The largest absolute Gasteiger partial charge is 0.345 e. The SMILES string of the molecule is C[C@@H](NC(=O)c1cc(C#N)cn1C)c1cccc(Cl)c1. The van der Waals surface area contributed by atoms with Crippen molar-refractivity contribution in [2.24, 2.45) is 7.05 Å². The first kappa shape index (κ1) is 14.2. The second kappa shape index (κ2) is 5.81. The van der Waals surface area contributed by atoms with Crippen LogP contribution in [0.3, 0.4) is 0 Å². The molecular weight excluding hydrogens is 274 g/mol. The van der Waals surface area contributed by atoms with Gasteiger partial charge in [0.05, 0.1) is 11.6 Å². The van der Waals surface area contributed by atoms with E-state index in [-0.39, 0.29) is 11.9 Å². The van der Waals surface area contributed by atoms with E-state index in [9.17, 15) is 4.79 Å². The van der Waals surface area contributed by atoms with Gasteiger partial charge in [0.25, 0.3) is 5.91 Å². The predicted molar refractivity (Wildman–Crippen MR) is 77.5 cm³/mol. The summed E-state index contributed by atoms with van der Waals surface area (Å²) in [7, 11) is 1.74. The molecule has 0 unspecified atom stereocenters. The molecule has 20 heavy (non-hydrogen) atoms. The molecule has 0 aliphatic carbocycles. The van der Waals surface area contributed by atoms with Crippen LogP contribution in [-0.4, -0.2) is 10.5 Å². The molecule has 2 rings (SSSR count). The molecule has 1 atom stereocenters. The Hall–Kier alpha value is -2.25. The number of aromatic nitrogens is 1. The van der Waals surface area contributed by atoms with Gasteiger partial charge in [0.1, 0.15) is 11.8 Å². The lowest BCUT2D eigenvalue weighted by Crippen LogP contribution is -2.28. The fourth-order valence-corrected chi connectivity index (χ4v) is 2.18. The molecule has 0 saturated carbocycles. The molecule has 0 spiro atoms. The molecule has 0 aliphatic heterocycles. The molecule has 1 aromatic heterocycles. The van der Waals surface area contributed by atoms with Gasteiger partial charge in [-0.25, -0.2) is 0 Å². The molecule has 102 valence electrons. The second-order valence-corrected chi connectivity index (χ2v) is 5.02. The summed E-state index contributed by atoms with van der Waals surface area (Å²) in [5, 5.41) is 12.4. The number of carbonyl (C=O) groups is 1. The van der Waals surface area contributed by atoms with E-state index in [1.807, 2.05) is 31.2 Å². The normalized spacial score (nSPS) is 11.7. The first-order chi connectivity index (χ1) is 9.51. The van der Waals surface area contributed by atoms with Crippen LogP contribution in [0.2, 0.25) is 5.02 Å². The number of benzene rings is 1. The number of nitrogens with zero attached hydrogens (tertiary/aromatic N) is 2. The van der Waals surface area contributed by atoms with Crippen molar-refractivity contribution in [3.8, 4) is 6.07 Å². The number of nitrogens with one attached hydrogen (secondary N) is 1. The van der Waals surface area contributed by atoms with Crippen LogP contribution in [0.15, 0.2) is 36.5 Å². The van der Waals surface area contributed by atoms with Crippen molar-refractivity contribution in [3.05, 3.63) is 58.4 Å². The summed E-state index contributed by atoms with van der Waals surface area (Å²) in [6.07, 6.45) is 1.62. The number of halogens is 1. The molecule has 1 aromatic carbocycles. The minimum Gasteiger partial charge on any atom is -0.345 e. The summed E-state index contributed by atoms with van der Waals surface area (Å²) in [6, 6.07) is 10.8. The molecule has 0 radical (unpaired) electrons. The fraction of sp³-hybridized carbons (Fsp3) is 0.200. The standard InChI is InChI=1S/C15H14ClN3O/c1-10(12-4-3-5-13(16)7-12)18-15(20)14-6-11(8-17)9-19(14)2/h3-7,9-10H,1-2H3,(H,18,20)/t10-/m1/s1. The third-order valence-electron chi connectivity index (χ3n) is 3.06. The third-order valence-corrected chi connectivity index (χ3v) is 3.30. The van der Waals surface area contributed by atoms with Crippen LogP contribution >= 0.6 is 11.6 Å². The van der Waals surface area contributed by atoms with E-state index in [2.05, 4.69) is 5.32 Å². The number of nitriles is 1. The summed E-state index contributed by atoms with van der Waals surface area (Å²) in [6.45, 7) is 1.89. The summed E-state index contributed by atoms with van der Waals surface area (Å²) in [5.74, 6) is -0.221. The molecule has 0 aliphatic rings. The van der Waals surface area contributed by atoms with Gasteiger partial charge in [-0.1, -0.05) is 23.7 Å². The highest BCUT2D eigenvalue weighted by molar-refractivity contribution is 6.30.